The third kappa shape index (κ3) is 2.64. The van der Waals surface area contributed by atoms with E-state index in [0.717, 1.165) is 22.9 Å². The molecule has 19 heavy (non-hydrogen) atoms. The van der Waals surface area contributed by atoms with E-state index in [9.17, 15) is 0 Å². The van der Waals surface area contributed by atoms with Crippen LogP contribution in [0.5, 0.6) is 0 Å². The summed E-state index contributed by atoms with van der Waals surface area (Å²) in [7, 11) is 0. The monoisotopic (exact) mass is 269 g/mol. The molecule has 3 nitrogen and oxygen atoms in total. The second-order valence-electron chi connectivity index (χ2n) is 4.44. The zero-order chi connectivity index (χ0) is 13.1. The van der Waals surface area contributed by atoms with E-state index >= 15 is 0 Å². The second-order valence-corrected chi connectivity index (χ2v) is 5.59. The molecule has 0 fully saturated rings. The summed E-state index contributed by atoms with van der Waals surface area (Å²) in [6.45, 7) is 0.628. The number of hydrogen-bond acceptors (Lipinski definition) is 4. The van der Waals surface area contributed by atoms with Gasteiger partial charge in [-0.2, -0.15) is 0 Å². The molecule has 1 heterocycles. The predicted molar refractivity (Wildman–Crippen MR) is 79.4 cm³/mol. The first kappa shape index (κ1) is 12.3. The molecule has 0 aliphatic heterocycles. The zero-order valence-corrected chi connectivity index (χ0v) is 11.4. The van der Waals surface area contributed by atoms with Crippen molar-refractivity contribution >= 4 is 22.1 Å². The van der Waals surface area contributed by atoms with Crippen molar-refractivity contribution < 1.29 is 0 Å². The fourth-order valence-corrected chi connectivity index (χ4v) is 3.08. The van der Waals surface area contributed by atoms with Gasteiger partial charge in [-0.15, -0.1) is 21.5 Å². The topological polar surface area (TPSA) is 51.8 Å². The molecule has 0 radical (unpaired) electrons. The number of benzene rings is 2. The van der Waals surface area contributed by atoms with Crippen LogP contribution in [0, 0.1) is 0 Å². The summed E-state index contributed by atoms with van der Waals surface area (Å²) in [6.07, 6.45) is 1.65. The quantitative estimate of drug-likeness (QED) is 0.792. The summed E-state index contributed by atoms with van der Waals surface area (Å²) in [5, 5.41) is 13.1. The first-order valence-electron chi connectivity index (χ1n) is 6.35. The molecule has 2 aromatic carbocycles. The molecule has 3 aromatic rings. The van der Waals surface area contributed by atoms with E-state index in [2.05, 4.69) is 52.7 Å². The van der Waals surface area contributed by atoms with Gasteiger partial charge in [0.05, 0.1) is 0 Å². The van der Waals surface area contributed by atoms with E-state index < -0.39 is 0 Å². The lowest BCUT2D eigenvalue weighted by Gasteiger charge is -2.03. The van der Waals surface area contributed by atoms with Gasteiger partial charge in [0.1, 0.15) is 10.0 Å². The van der Waals surface area contributed by atoms with Crippen molar-refractivity contribution in [3.63, 3.8) is 0 Å². The molecule has 0 unspecified atom stereocenters. The number of nitrogens with two attached hydrogens (primary N) is 1. The Morgan fingerprint density at radius 1 is 0.947 bits per heavy atom. The average molecular weight is 269 g/mol. The highest BCUT2D eigenvalue weighted by Crippen LogP contribution is 2.22. The molecule has 3 rings (SSSR count). The van der Waals surface area contributed by atoms with Gasteiger partial charge >= 0.3 is 0 Å². The van der Waals surface area contributed by atoms with E-state index in [1.165, 1.54) is 16.3 Å². The highest BCUT2D eigenvalue weighted by atomic mass is 32.1. The molecule has 1 aromatic heterocycles. The third-order valence-electron chi connectivity index (χ3n) is 3.09. The van der Waals surface area contributed by atoms with Crippen molar-refractivity contribution in [2.24, 2.45) is 5.73 Å². The van der Waals surface area contributed by atoms with Crippen LogP contribution in [0.25, 0.3) is 10.8 Å². The summed E-state index contributed by atoms with van der Waals surface area (Å²) < 4.78 is 0. The van der Waals surface area contributed by atoms with Crippen molar-refractivity contribution in [3.8, 4) is 0 Å². The van der Waals surface area contributed by atoms with E-state index in [0.29, 0.717) is 6.54 Å². The van der Waals surface area contributed by atoms with Crippen molar-refractivity contribution in [1.29, 1.82) is 0 Å². The molecular weight excluding hydrogens is 254 g/mol. The van der Waals surface area contributed by atoms with E-state index in [1.54, 1.807) is 11.3 Å². The minimum absolute atomic E-state index is 0.628. The number of rotatable bonds is 4. The smallest absolute Gasteiger partial charge is 0.121 e. The van der Waals surface area contributed by atoms with E-state index in [1.807, 2.05) is 0 Å². The van der Waals surface area contributed by atoms with Crippen molar-refractivity contribution in [2.75, 3.05) is 6.54 Å². The fraction of sp³-hybridized carbons (Fsp3) is 0.200. The average Bonchev–Trinajstić information content (AvgIpc) is 2.87. The van der Waals surface area contributed by atoms with Crippen LogP contribution in [-0.2, 0) is 12.8 Å². The largest absolute Gasteiger partial charge is 0.330 e. The summed E-state index contributed by atoms with van der Waals surface area (Å²) >= 11 is 1.66. The molecule has 0 saturated heterocycles. The van der Waals surface area contributed by atoms with Crippen LogP contribution in [0.4, 0.5) is 0 Å². The standard InChI is InChI=1S/C15H15N3S/c16-9-8-14-17-18-15(19-14)10-12-6-3-5-11-4-1-2-7-13(11)12/h1-7H,8-10,16H2. The molecule has 0 saturated carbocycles. The van der Waals surface area contributed by atoms with Crippen LogP contribution in [0.1, 0.15) is 15.6 Å². The van der Waals surface area contributed by atoms with Gasteiger partial charge in [-0.05, 0) is 22.9 Å². The van der Waals surface area contributed by atoms with Gasteiger partial charge in [-0.3, -0.25) is 0 Å². The Hall–Kier alpha value is -1.78. The molecule has 0 aliphatic carbocycles. The summed E-state index contributed by atoms with van der Waals surface area (Å²) in [5.74, 6) is 0. The number of fused-ring (bicyclic) bond motifs is 1. The normalized spacial score (nSPS) is 11.0. The lowest BCUT2D eigenvalue weighted by atomic mass is 10.0. The summed E-state index contributed by atoms with van der Waals surface area (Å²) in [5.41, 5.74) is 6.84. The second kappa shape index (κ2) is 5.47. The highest BCUT2D eigenvalue weighted by molar-refractivity contribution is 7.11. The van der Waals surface area contributed by atoms with E-state index in [-0.39, 0.29) is 0 Å². The Morgan fingerprint density at radius 3 is 2.63 bits per heavy atom. The maximum absolute atomic E-state index is 5.54. The van der Waals surface area contributed by atoms with Gasteiger partial charge in [0.2, 0.25) is 0 Å². The lowest BCUT2D eigenvalue weighted by Crippen LogP contribution is -2.01. The Kier molecular flexibility index (Phi) is 3.53. The summed E-state index contributed by atoms with van der Waals surface area (Å²) in [4.78, 5) is 0. The Balaban J connectivity index is 1.92. The Labute approximate surface area is 116 Å². The van der Waals surface area contributed by atoms with Gasteiger partial charge in [0.15, 0.2) is 0 Å². The molecule has 0 amide bonds. The molecule has 0 bridgehead atoms. The van der Waals surface area contributed by atoms with Crippen LogP contribution >= 0.6 is 11.3 Å². The van der Waals surface area contributed by atoms with Gasteiger partial charge in [-0.1, -0.05) is 42.5 Å². The summed E-state index contributed by atoms with van der Waals surface area (Å²) in [6, 6.07) is 14.8. The predicted octanol–water partition coefficient (Wildman–Crippen LogP) is 2.78. The fourth-order valence-electron chi connectivity index (χ4n) is 2.19. The third-order valence-corrected chi connectivity index (χ3v) is 4.07. The van der Waals surface area contributed by atoms with Crippen LogP contribution in [0.2, 0.25) is 0 Å². The Bertz CT molecular complexity index is 685. The maximum atomic E-state index is 5.54. The molecular formula is C15H15N3S. The van der Waals surface area contributed by atoms with Gasteiger partial charge in [0.25, 0.3) is 0 Å². The van der Waals surface area contributed by atoms with Gasteiger partial charge in [0, 0.05) is 12.8 Å². The first-order chi connectivity index (χ1) is 9.36. The number of nitrogens with zero attached hydrogens (tertiary/aromatic N) is 2. The minimum atomic E-state index is 0.628. The molecule has 0 spiro atoms. The van der Waals surface area contributed by atoms with Crippen molar-refractivity contribution in [1.82, 2.24) is 10.2 Å². The highest BCUT2D eigenvalue weighted by Gasteiger charge is 2.07. The zero-order valence-electron chi connectivity index (χ0n) is 10.5. The number of aromatic nitrogens is 2. The molecule has 4 heteroatoms. The van der Waals surface area contributed by atoms with Gasteiger partial charge < -0.3 is 5.73 Å². The minimum Gasteiger partial charge on any atom is -0.330 e. The molecule has 2 N–H and O–H groups in total. The van der Waals surface area contributed by atoms with Gasteiger partial charge in [-0.25, -0.2) is 0 Å². The van der Waals surface area contributed by atoms with Crippen molar-refractivity contribution in [2.45, 2.75) is 12.8 Å². The lowest BCUT2D eigenvalue weighted by molar-refractivity contribution is 0.899. The molecule has 0 aliphatic rings. The van der Waals surface area contributed by atoms with Crippen LogP contribution in [0.3, 0.4) is 0 Å². The van der Waals surface area contributed by atoms with Crippen LogP contribution in [-0.4, -0.2) is 16.7 Å². The van der Waals surface area contributed by atoms with Crippen LogP contribution in [0.15, 0.2) is 42.5 Å². The number of hydrogen-bond donors (Lipinski definition) is 1. The van der Waals surface area contributed by atoms with Crippen molar-refractivity contribution in [3.05, 3.63) is 58.0 Å². The first-order valence-corrected chi connectivity index (χ1v) is 7.16. The molecule has 0 atom stereocenters. The molecule has 96 valence electrons. The Morgan fingerprint density at radius 2 is 1.74 bits per heavy atom. The van der Waals surface area contributed by atoms with Crippen LogP contribution < -0.4 is 5.73 Å². The SMILES string of the molecule is NCCc1nnc(Cc2cccc3ccccc23)s1. The maximum Gasteiger partial charge on any atom is 0.121 e. The van der Waals surface area contributed by atoms with E-state index in [4.69, 9.17) is 5.73 Å².